The molecule has 8 rings (SSSR count). The third-order valence-electron chi connectivity index (χ3n) is 9.79. The Labute approximate surface area is 381 Å². The lowest BCUT2D eigenvalue weighted by Gasteiger charge is -2.15. The minimum absolute atomic E-state index is 0. The lowest BCUT2D eigenvalue weighted by atomic mass is 10.0. The second-order valence-corrected chi connectivity index (χ2v) is 14.6. The minimum atomic E-state index is -0.709. The number of H-pyrrole nitrogens is 2. The van der Waals surface area contributed by atoms with E-state index in [4.69, 9.17) is 35.3 Å². The van der Waals surface area contributed by atoms with Crippen LogP contribution >= 0.6 is 11.6 Å². The van der Waals surface area contributed by atoms with Crippen LogP contribution in [0.5, 0.6) is 23.1 Å². The summed E-state index contributed by atoms with van der Waals surface area (Å²) in [6.45, 7) is 6.59. The van der Waals surface area contributed by atoms with Gasteiger partial charge >= 0.3 is 0 Å². The van der Waals surface area contributed by atoms with Crippen molar-refractivity contribution in [2.45, 2.75) is 14.4 Å². The topological polar surface area (TPSA) is 163 Å². The highest BCUT2D eigenvalue weighted by atomic mass is 35.5. The quantitative estimate of drug-likeness (QED) is 0.0893. The highest BCUT2D eigenvalue weighted by Gasteiger charge is 2.18. The zero-order valence-corrected chi connectivity index (χ0v) is 35.9. The van der Waals surface area contributed by atoms with Gasteiger partial charge < -0.3 is 39.0 Å². The van der Waals surface area contributed by atoms with Crippen LogP contribution in [0, 0.1) is 17.5 Å². The Kier molecular flexibility index (Phi) is 15.9. The van der Waals surface area contributed by atoms with Crippen LogP contribution in [0.25, 0.3) is 55.7 Å². The minimum Gasteiger partial charge on any atom is -0.487 e. The van der Waals surface area contributed by atoms with E-state index in [1.807, 2.05) is 0 Å². The monoisotopic (exact) mass is 920 g/mol. The van der Waals surface area contributed by atoms with Crippen molar-refractivity contribution in [3.8, 4) is 45.4 Å². The van der Waals surface area contributed by atoms with E-state index in [2.05, 4.69) is 36.8 Å². The third kappa shape index (κ3) is 10.7. The van der Waals surface area contributed by atoms with Crippen molar-refractivity contribution >= 4 is 56.5 Å². The summed E-state index contributed by atoms with van der Waals surface area (Å²) in [5.74, 6) is -0.685. The molecule has 0 radical (unpaired) electrons. The Morgan fingerprint density at radius 2 is 1.33 bits per heavy atom. The van der Waals surface area contributed by atoms with E-state index in [9.17, 15) is 18.4 Å². The smallest absolute Gasteiger partial charge is 0.230 e. The highest BCUT2D eigenvalue weighted by molar-refractivity contribution is 6.44. The van der Waals surface area contributed by atoms with Crippen LogP contribution < -0.4 is 41.0 Å². The van der Waals surface area contributed by atoms with Crippen LogP contribution in [-0.4, -0.2) is 65.6 Å². The van der Waals surface area contributed by atoms with Gasteiger partial charge in [0.15, 0.2) is 28.5 Å². The summed E-state index contributed by atoms with van der Waals surface area (Å²) < 4.78 is 71.4. The van der Waals surface area contributed by atoms with Crippen LogP contribution in [0.1, 0.15) is 14.4 Å². The standard InChI is InChI=1S/C34H29F2N5O6.C14H11ClFNO.CH4/c1-43-11-13-45-29-16-22-27(17-30(29)46-14-12-44-2)39-19-40-34(22)47-28-8-7-20(15-25(28)36)41-33-31-26(9-10-37-33)38-18-23(32(31)42)21-5-3-4-6-24(21)35;1-8(15)13-9(2)17-7-11(14(13)18)10-5-3-4-6-12(10)16;/h3-10,15-19H,11-14H2,1-2H3,(H,37,41)(H,38,42);3-7,17H,2H2,1H3;1H4/b;13-8-;. The van der Waals surface area contributed by atoms with Gasteiger partial charge in [-0.2, -0.15) is 0 Å². The molecule has 0 atom stereocenters. The molecule has 13 nitrogen and oxygen atoms in total. The zero-order valence-electron chi connectivity index (χ0n) is 35.1. The van der Waals surface area contributed by atoms with Crippen molar-refractivity contribution in [3.05, 3.63) is 158 Å². The predicted molar refractivity (Wildman–Crippen MR) is 251 cm³/mol. The molecule has 0 saturated heterocycles. The normalized spacial score (nSPS) is 11.3. The Morgan fingerprint density at radius 1 is 0.712 bits per heavy atom. The number of fused-ring (bicyclic) bond motifs is 2. The molecule has 17 heteroatoms. The van der Waals surface area contributed by atoms with Gasteiger partial charge in [0.25, 0.3) is 0 Å². The van der Waals surface area contributed by atoms with Crippen LogP contribution in [0.15, 0.2) is 119 Å². The summed E-state index contributed by atoms with van der Waals surface area (Å²) in [4.78, 5) is 44.5. The van der Waals surface area contributed by atoms with Crippen LogP contribution in [0.3, 0.4) is 0 Å². The van der Waals surface area contributed by atoms with E-state index in [1.165, 1.54) is 55.2 Å². The molecule has 4 heterocycles. The number of aromatic amines is 2. The summed E-state index contributed by atoms with van der Waals surface area (Å²) in [6, 6.07) is 21.3. The number of hydrogen-bond donors (Lipinski definition) is 3. The summed E-state index contributed by atoms with van der Waals surface area (Å²) in [6.07, 6.45) is 5.71. The molecule has 0 saturated carbocycles. The lowest BCUT2D eigenvalue weighted by Crippen LogP contribution is -2.41. The summed E-state index contributed by atoms with van der Waals surface area (Å²) >= 11 is 5.88. The van der Waals surface area contributed by atoms with E-state index < -0.39 is 22.9 Å². The molecule has 0 aliphatic rings. The van der Waals surface area contributed by atoms with Gasteiger partial charge in [-0.25, -0.2) is 28.1 Å². The molecule has 4 aromatic heterocycles. The van der Waals surface area contributed by atoms with E-state index in [0.29, 0.717) is 57.2 Å². The van der Waals surface area contributed by atoms with E-state index in [-0.39, 0.29) is 76.4 Å². The number of nitrogens with one attached hydrogen (secondary N) is 3. The van der Waals surface area contributed by atoms with Gasteiger partial charge in [-0.1, -0.05) is 62.0 Å². The summed E-state index contributed by atoms with van der Waals surface area (Å²) in [7, 11) is 3.14. The van der Waals surface area contributed by atoms with Gasteiger partial charge in [-0.05, 0) is 43.3 Å². The first kappa shape index (κ1) is 47.9. The number of hydrogen-bond acceptors (Lipinski definition) is 11. The lowest BCUT2D eigenvalue weighted by molar-refractivity contribution is 0.132. The fourth-order valence-electron chi connectivity index (χ4n) is 6.67. The number of rotatable bonds is 14. The van der Waals surface area contributed by atoms with Crippen molar-refractivity contribution < 1.29 is 36.9 Å². The van der Waals surface area contributed by atoms with Crippen molar-refractivity contribution in [3.63, 3.8) is 0 Å². The second-order valence-electron chi connectivity index (χ2n) is 14.0. The van der Waals surface area contributed by atoms with Gasteiger partial charge in [0, 0.05) is 83.3 Å². The predicted octanol–water partition coefficient (Wildman–Crippen LogP) is 8.99. The van der Waals surface area contributed by atoms with Crippen molar-refractivity contribution in [1.29, 1.82) is 0 Å². The number of nitrogens with zero attached hydrogens (tertiary/aromatic N) is 3. The van der Waals surface area contributed by atoms with E-state index in [0.717, 1.165) is 0 Å². The van der Waals surface area contributed by atoms with Gasteiger partial charge in [-0.15, -0.1) is 0 Å². The number of anilines is 2. The maximum atomic E-state index is 15.5. The molecule has 66 heavy (non-hydrogen) atoms. The number of methoxy groups -OCH3 is 2. The molecular formula is C49H44ClF3N6O7. The first-order valence-corrected chi connectivity index (χ1v) is 20.2. The highest BCUT2D eigenvalue weighted by Crippen LogP contribution is 2.37. The van der Waals surface area contributed by atoms with E-state index >= 15 is 4.39 Å². The van der Waals surface area contributed by atoms with Gasteiger partial charge in [-0.3, -0.25) is 9.59 Å². The SMILES string of the molecule is C.C=c1[nH]cc(-c2ccccc2F)c(=O)/c1=C(/C)Cl.COCCOc1cc2ncnc(Oc3ccc(Nc4nccc5[nH]cc(-c6ccccc6F)c(=O)c45)cc3F)c2cc1OCCOC. The number of benzene rings is 4. The van der Waals surface area contributed by atoms with Crippen molar-refractivity contribution in [1.82, 2.24) is 24.9 Å². The molecule has 0 aliphatic heterocycles. The first-order valence-electron chi connectivity index (χ1n) is 19.8. The van der Waals surface area contributed by atoms with E-state index in [1.54, 1.807) is 75.7 Å². The van der Waals surface area contributed by atoms with Gasteiger partial charge in [0.1, 0.15) is 37.0 Å². The average molecular weight is 921 g/mol. The van der Waals surface area contributed by atoms with Gasteiger partial charge in [0.2, 0.25) is 11.3 Å². The maximum Gasteiger partial charge on any atom is 0.230 e. The summed E-state index contributed by atoms with van der Waals surface area (Å²) in [5.41, 5.74) is 1.28. The molecule has 4 aromatic carbocycles. The number of ether oxygens (including phenoxy) is 5. The molecule has 8 aromatic rings. The van der Waals surface area contributed by atoms with Crippen molar-refractivity contribution in [2.24, 2.45) is 0 Å². The molecule has 0 amide bonds. The maximum absolute atomic E-state index is 15.5. The fourth-order valence-corrected chi connectivity index (χ4v) is 6.87. The van der Waals surface area contributed by atoms with Crippen LogP contribution in [0.2, 0.25) is 0 Å². The largest absolute Gasteiger partial charge is 0.487 e. The Morgan fingerprint density at radius 3 is 1.95 bits per heavy atom. The number of pyridine rings is 3. The summed E-state index contributed by atoms with van der Waals surface area (Å²) in [5, 5.41) is 4.71. The Bertz CT molecular complexity index is 3260. The molecule has 0 fully saturated rings. The second kappa shape index (κ2) is 21.9. The third-order valence-corrected chi connectivity index (χ3v) is 9.98. The molecule has 3 N–H and O–H groups in total. The molecule has 0 aliphatic carbocycles. The van der Waals surface area contributed by atoms with Crippen LogP contribution in [0.4, 0.5) is 24.7 Å². The average Bonchev–Trinajstić information content (AvgIpc) is 3.29. The van der Waals surface area contributed by atoms with Crippen molar-refractivity contribution in [2.75, 3.05) is 46.0 Å². The molecule has 340 valence electrons. The Hall–Kier alpha value is -7.53. The van der Waals surface area contributed by atoms with Crippen LogP contribution in [-0.2, 0) is 9.47 Å². The molecular weight excluding hydrogens is 877 g/mol. The Balaban J connectivity index is 0.000000318. The number of aromatic nitrogens is 5. The zero-order chi connectivity index (χ0) is 46.0. The molecule has 0 unspecified atom stereocenters. The fraction of sp³-hybridized carbons (Fsp3) is 0.163. The molecule has 0 bridgehead atoms. The van der Waals surface area contributed by atoms with Gasteiger partial charge in [0.05, 0.1) is 40.2 Å². The molecule has 0 spiro atoms. The first-order chi connectivity index (χ1) is 31.5. The number of halogens is 4.